The van der Waals surface area contributed by atoms with Crippen LogP contribution in [0, 0.1) is 6.92 Å². The lowest BCUT2D eigenvalue weighted by Crippen LogP contribution is -1.71. The van der Waals surface area contributed by atoms with Crippen LogP contribution in [0.5, 0.6) is 0 Å². The normalized spacial score (nSPS) is 10.4. The average molecular weight is 307 g/mol. The number of fused-ring (bicyclic) bond motifs is 3. The molecule has 17 heavy (non-hydrogen) atoms. The Labute approximate surface area is 114 Å². The van der Waals surface area contributed by atoms with Crippen LogP contribution >= 0.6 is 27.3 Å². The maximum absolute atomic E-state index is 3.63. The van der Waals surface area contributed by atoms with E-state index < -0.39 is 0 Å². The molecule has 0 amide bonds. The van der Waals surface area contributed by atoms with Crippen molar-refractivity contribution in [3.8, 4) is 0 Å². The Kier molecular flexibility index (Phi) is 3.85. The predicted molar refractivity (Wildman–Crippen MR) is 83.1 cm³/mol. The second kappa shape index (κ2) is 5.19. The highest BCUT2D eigenvalue weighted by atomic mass is 79.9. The van der Waals surface area contributed by atoms with Crippen molar-refractivity contribution in [3.05, 3.63) is 46.4 Å². The first kappa shape index (κ1) is 12.6. The lowest BCUT2D eigenvalue weighted by molar-refractivity contribution is 1.50. The molecule has 0 radical (unpaired) electrons. The number of aryl methyl sites for hydroxylation is 1. The van der Waals surface area contributed by atoms with Gasteiger partial charge in [-0.15, -0.1) is 11.3 Å². The van der Waals surface area contributed by atoms with Crippen molar-refractivity contribution in [1.29, 1.82) is 0 Å². The smallest absolute Gasteiger partial charge is 0.0366 e. The molecular weight excluding hydrogens is 292 g/mol. The molecule has 0 nitrogen and oxygen atoms in total. The van der Waals surface area contributed by atoms with Crippen LogP contribution in [0.1, 0.15) is 19.4 Å². The summed E-state index contributed by atoms with van der Waals surface area (Å²) in [7, 11) is 0. The summed E-state index contributed by atoms with van der Waals surface area (Å²) in [4.78, 5) is 0. The maximum Gasteiger partial charge on any atom is 0.0366 e. The van der Waals surface area contributed by atoms with Gasteiger partial charge in [-0.05, 0) is 31.2 Å². The molecule has 0 saturated heterocycles. The first-order chi connectivity index (χ1) is 8.25. The topological polar surface area (TPSA) is 0 Å². The molecule has 0 aliphatic heterocycles. The summed E-state index contributed by atoms with van der Waals surface area (Å²) < 4.78 is 3.91. The number of hydrogen-bond donors (Lipinski definition) is 0. The summed E-state index contributed by atoms with van der Waals surface area (Å²) in [6.45, 7) is 6.14. The number of benzene rings is 2. The van der Waals surface area contributed by atoms with Gasteiger partial charge in [0.05, 0.1) is 0 Å². The lowest BCUT2D eigenvalue weighted by Gasteiger charge is -1.96. The van der Waals surface area contributed by atoms with E-state index in [0.29, 0.717) is 0 Å². The van der Waals surface area contributed by atoms with Gasteiger partial charge in [0.1, 0.15) is 0 Å². The zero-order valence-corrected chi connectivity index (χ0v) is 12.7. The fourth-order valence-electron chi connectivity index (χ4n) is 1.90. The van der Waals surface area contributed by atoms with Gasteiger partial charge in [-0.3, -0.25) is 0 Å². The highest BCUT2D eigenvalue weighted by Gasteiger charge is 2.07. The molecule has 0 saturated carbocycles. The molecule has 0 aliphatic carbocycles. The summed E-state index contributed by atoms with van der Waals surface area (Å²) in [6, 6.07) is 13.0. The molecule has 0 spiro atoms. The second-order valence-corrected chi connectivity index (χ2v) is 5.65. The number of halogens is 1. The molecule has 88 valence electrons. The standard InChI is InChI=1S/C13H9BrS.C2H6/c1-8-5-6-11-9(7-8)13-10(14)3-2-4-12(13)15-11;1-2/h2-7H,1H3;1-2H3. The summed E-state index contributed by atoms with van der Waals surface area (Å²) in [6.07, 6.45) is 0. The van der Waals surface area contributed by atoms with Crippen LogP contribution < -0.4 is 0 Å². The van der Waals surface area contributed by atoms with E-state index in [4.69, 9.17) is 0 Å². The fraction of sp³-hybridized carbons (Fsp3) is 0.200. The molecule has 0 atom stereocenters. The lowest BCUT2D eigenvalue weighted by atomic mass is 10.1. The number of thiophene rings is 1. The van der Waals surface area contributed by atoms with E-state index in [0.717, 1.165) is 0 Å². The third kappa shape index (κ3) is 2.24. The average Bonchev–Trinajstić information content (AvgIpc) is 2.71. The quantitative estimate of drug-likeness (QED) is 0.467. The zero-order chi connectivity index (χ0) is 12.4. The van der Waals surface area contributed by atoms with E-state index in [1.165, 1.54) is 30.2 Å². The Balaban J connectivity index is 0.000000514. The molecular formula is C15H15BrS. The minimum atomic E-state index is 1.19. The van der Waals surface area contributed by atoms with Crippen LogP contribution in [-0.4, -0.2) is 0 Å². The summed E-state index contributed by atoms with van der Waals surface area (Å²) in [5.41, 5.74) is 1.32. The minimum Gasteiger partial charge on any atom is -0.135 e. The largest absolute Gasteiger partial charge is 0.135 e. The highest BCUT2D eigenvalue weighted by molar-refractivity contribution is 9.10. The van der Waals surface area contributed by atoms with Crippen molar-refractivity contribution in [2.45, 2.75) is 20.8 Å². The molecule has 3 rings (SSSR count). The van der Waals surface area contributed by atoms with Gasteiger partial charge in [-0.2, -0.15) is 0 Å². The Morgan fingerprint density at radius 2 is 1.76 bits per heavy atom. The van der Waals surface area contributed by atoms with Crippen molar-refractivity contribution in [3.63, 3.8) is 0 Å². The van der Waals surface area contributed by atoms with Crippen LogP contribution in [0.25, 0.3) is 20.2 Å². The summed E-state index contributed by atoms with van der Waals surface area (Å²) in [5.74, 6) is 0. The number of rotatable bonds is 0. The molecule has 0 bridgehead atoms. The molecule has 0 unspecified atom stereocenters. The second-order valence-electron chi connectivity index (χ2n) is 3.71. The Morgan fingerprint density at radius 3 is 2.53 bits per heavy atom. The number of hydrogen-bond acceptors (Lipinski definition) is 1. The Hall–Kier alpha value is -0.860. The first-order valence-electron chi connectivity index (χ1n) is 5.83. The molecule has 0 fully saturated rings. The van der Waals surface area contributed by atoms with Crippen LogP contribution in [0.4, 0.5) is 0 Å². The third-order valence-electron chi connectivity index (χ3n) is 2.60. The first-order valence-corrected chi connectivity index (χ1v) is 7.44. The van der Waals surface area contributed by atoms with Crippen LogP contribution in [-0.2, 0) is 0 Å². The molecule has 3 aromatic rings. The fourth-order valence-corrected chi connectivity index (χ4v) is 3.72. The van der Waals surface area contributed by atoms with Crippen molar-refractivity contribution >= 4 is 47.4 Å². The van der Waals surface area contributed by atoms with Crippen LogP contribution in [0.3, 0.4) is 0 Å². The van der Waals surface area contributed by atoms with Crippen molar-refractivity contribution in [2.75, 3.05) is 0 Å². The molecule has 1 aromatic heterocycles. The van der Waals surface area contributed by atoms with Gasteiger partial charge in [0, 0.05) is 24.6 Å². The molecule has 2 heteroatoms. The monoisotopic (exact) mass is 306 g/mol. The van der Waals surface area contributed by atoms with Gasteiger partial charge in [-0.1, -0.05) is 47.5 Å². The summed E-state index contributed by atoms with van der Waals surface area (Å²) in [5, 5.41) is 2.71. The van der Waals surface area contributed by atoms with E-state index in [9.17, 15) is 0 Å². The maximum atomic E-state index is 3.63. The highest BCUT2D eigenvalue weighted by Crippen LogP contribution is 2.38. The van der Waals surface area contributed by atoms with E-state index in [1.807, 2.05) is 25.2 Å². The molecule has 0 N–H and O–H groups in total. The minimum absolute atomic E-state index is 1.19. The van der Waals surface area contributed by atoms with Gasteiger partial charge in [-0.25, -0.2) is 0 Å². The summed E-state index contributed by atoms with van der Waals surface area (Å²) >= 11 is 5.48. The van der Waals surface area contributed by atoms with Crippen molar-refractivity contribution < 1.29 is 0 Å². The van der Waals surface area contributed by atoms with Crippen LogP contribution in [0.2, 0.25) is 0 Å². The van der Waals surface area contributed by atoms with Gasteiger partial charge >= 0.3 is 0 Å². The zero-order valence-electron chi connectivity index (χ0n) is 10.3. The van der Waals surface area contributed by atoms with Gasteiger partial charge < -0.3 is 0 Å². The van der Waals surface area contributed by atoms with Gasteiger partial charge in [0.15, 0.2) is 0 Å². The predicted octanol–water partition coefficient (Wildman–Crippen LogP) is 6.15. The van der Waals surface area contributed by atoms with Crippen molar-refractivity contribution in [2.24, 2.45) is 0 Å². The molecule has 1 heterocycles. The van der Waals surface area contributed by atoms with E-state index >= 15 is 0 Å². The Bertz CT molecular complexity index is 652. The Morgan fingerprint density at radius 1 is 1.00 bits per heavy atom. The van der Waals surface area contributed by atoms with E-state index in [-0.39, 0.29) is 0 Å². The van der Waals surface area contributed by atoms with Crippen LogP contribution in [0.15, 0.2) is 40.9 Å². The molecule has 2 aromatic carbocycles. The molecule has 0 aliphatic rings. The SMILES string of the molecule is CC.Cc1ccc2sc3cccc(Br)c3c2c1. The van der Waals surface area contributed by atoms with Gasteiger partial charge in [0.2, 0.25) is 0 Å². The van der Waals surface area contributed by atoms with E-state index in [1.54, 1.807) is 0 Å². The van der Waals surface area contributed by atoms with Gasteiger partial charge in [0.25, 0.3) is 0 Å². The third-order valence-corrected chi connectivity index (χ3v) is 4.40. The van der Waals surface area contributed by atoms with E-state index in [2.05, 4.69) is 59.3 Å². The van der Waals surface area contributed by atoms with Crippen molar-refractivity contribution in [1.82, 2.24) is 0 Å².